The SMILES string of the molecule is Cc1sc2c(c1C)C(c1ccc(Cl)cc1)=NC(CC(=O)OC(C)(C)C)c1n[nH]c(C)[n+]1-2. The minimum atomic E-state index is -0.561. The number of aliphatic imine (C=N–C) groups is 1. The predicted molar refractivity (Wildman–Crippen MR) is 123 cm³/mol. The number of rotatable bonds is 3. The average molecular weight is 458 g/mol. The molecule has 0 saturated heterocycles. The standard InChI is InChI=1S/C23H25ClN4O2S/c1-12-13(2)31-22-19(12)20(15-7-9-16(24)10-8-15)25-17(11-18(29)30-23(4,5)6)21-27-26-14(3)28(21)22/h7-10,17H,11H2,1-6H3/p+1. The first-order valence-electron chi connectivity index (χ1n) is 10.2. The van der Waals surface area contributed by atoms with E-state index in [4.69, 9.17) is 21.3 Å². The van der Waals surface area contributed by atoms with Crippen LogP contribution < -0.4 is 4.57 Å². The van der Waals surface area contributed by atoms with Gasteiger partial charge < -0.3 is 4.74 Å². The van der Waals surface area contributed by atoms with Gasteiger partial charge in [0.2, 0.25) is 5.82 Å². The van der Waals surface area contributed by atoms with Gasteiger partial charge in [-0.05, 0) is 52.3 Å². The third-order valence-electron chi connectivity index (χ3n) is 5.18. The second-order valence-corrected chi connectivity index (χ2v) is 10.4. The summed E-state index contributed by atoms with van der Waals surface area (Å²) in [5, 5.41) is 9.33. The predicted octanol–water partition coefficient (Wildman–Crippen LogP) is 4.95. The minimum Gasteiger partial charge on any atom is -0.460 e. The van der Waals surface area contributed by atoms with E-state index in [0.29, 0.717) is 10.8 Å². The van der Waals surface area contributed by atoms with Crippen LogP contribution in [0.1, 0.15) is 66.5 Å². The molecule has 1 atom stereocenters. The summed E-state index contributed by atoms with van der Waals surface area (Å²) in [7, 11) is 0. The van der Waals surface area contributed by atoms with E-state index in [1.165, 1.54) is 10.4 Å². The van der Waals surface area contributed by atoms with Crippen molar-refractivity contribution in [2.75, 3.05) is 0 Å². The number of hydrogen-bond acceptors (Lipinski definition) is 5. The molecule has 162 valence electrons. The third kappa shape index (κ3) is 4.16. The van der Waals surface area contributed by atoms with Gasteiger partial charge >= 0.3 is 11.8 Å². The molecule has 0 radical (unpaired) electrons. The number of nitrogens with one attached hydrogen (secondary N) is 1. The van der Waals surface area contributed by atoms with Crippen LogP contribution in [0.5, 0.6) is 0 Å². The van der Waals surface area contributed by atoms with Gasteiger partial charge in [0.05, 0.1) is 17.7 Å². The highest BCUT2D eigenvalue weighted by molar-refractivity contribution is 7.14. The smallest absolute Gasteiger partial charge is 0.309 e. The van der Waals surface area contributed by atoms with Crippen molar-refractivity contribution in [2.45, 2.75) is 59.6 Å². The van der Waals surface area contributed by atoms with Crippen LogP contribution >= 0.6 is 22.9 Å². The fraction of sp³-hybridized carbons (Fsp3) is 0.391. The molecule has 6 nitrogen and oxygen atoms in total. The van der Waals surface area contributed by atoms with E-state index in [2.05, 4.69) is 28.6 Å². The quantitative estimate of drug-likeness (QED) is 0.446. The Hall–Kier alpha value is -2.51. The Morgan fingerprint density at radius 2 is 1.90 bits per heavy atom. The molecule has 3 heterocycles. The highest BCUT2D eigenvalue weighted by Gasteiger charge is 2.37. The Labute approximate surface area is 190 Å². The van der Waals surface area contributed by atoms with Crippen LogP contribution in [0.2, 0.25) is 5.02 Å². The summed E-state index contributed by atoms with van der Waals surface area (Å²) in [4.78, 5) is 19.0. The molecule has 1 aromatic carbocycles. The first kappa shape index (κ1) is 21.7. The number of carbonyl (C=O) groups excluding carboxylic acids is 1. The van der Waals surface area contributed by atoms with Crippen molar-refractivity contribution in [1.29, 1.82) is 0 Å². The Bertz CT molecular complexity index is 1190. The molecule has 0 bridgehead atoms. The summed E-state index contributed by atoms with van der Waals surface area (Å²) < 4.78 is 7.68. The Morgan fingerprint density at radius 3 is 2.55 bits per heavy atom. The van der Waals surface area contributed by atoms with Crippen molar-refractivity contribution in [2.24, 2.45) is 4.99 Å². The van der Waals surface area contributed by atoms with Gasteiger partial charge in [0.1, 0.15) is 5.60 Å². The maximum Gasteiger partial charge on any atom is 0.309 e. The maximum absolute atomic E-state index is 12.7. The lowest BCUT2D eigenvalue weighted by molar-refractivity contribution is -0.608. The molecule has 0 amide bonds. The van der Waals surface area contributed by atoms with Crippen molar-refractivity contribution in [3.8, 4) is 5.00 Å². The molecule has 2 aromatic heterocycles. The van der Waals surface area contributed by atoms with E-state index in [1.807, 2.05) is 52.0 Å². The molecule has 1 aliphatic heterocycles. The number of ether oxygens (including phenoxy) is 1. The molecule has 1 aliphatic rings. The van der Waals surface area contributed by atoms with Crippen LogP contribution in [0.3, 0.4) is 0 Å². The Balaban J connectivity index is 1.91. The van der Waals surface area contributed by atoms with Crippen molar-refractivity contribution in [1.82, 2.24) is 10.2 Å². The normalized spacial score (nSPS) is 15.7. The number of esters is 1. The molecule has 4 rings (SSSR count). The van der Waals surface area contributed by atoms with E-state index in [9.17, 15) is 4.79 Å². The minimum absolute atomic E-state index is 0.103. The summed E-state index contributed by atoms with van der Waals surface area (Å²) >= 11 is 7.84. The van der Waals surface area contributed by atoms with Crippen molar-refractivity contribution >= 4 is 34.6 Å². The zero-order valence-corrected chi connectivity index (χ0v) is 20.1. The number of halogens is 1. The number of carbonyl (C=O) groups is 1. The lowest BCUT2D eigenvalue weighted by Gasteiger charge is -2.20. The largest absolute Gasteiger partial charge is 0.460 e. The fourth-order valence-electron chi connectivity index (χ4n) is 3.72. The first-order valence-corrected chi connectivity index (χ1v) is 11.4. The van der Waals surface area contributed by atoms with E-state index in [1.54, 1.807) is 11.3 Å². The van der Waals surface area contributed by atoms with Gasteiger partial charge in [0, 0.05) is 27.5 Å². The summed E-state index contributed by atoms with van der Waals surface area (Å²) in [6.07, 6.45) is 0.103. The average Bonchev–Trinajstić information content (AvgIpc) is 3.14. The van der Waals surface area contributed by atoms with Gasteiger partial charge in [-0.1, -0.05) is 23.7 Å². The van der Waals surface area contributed by atoms with Gasteiger partial charge in [0.15, 0.2) is 11.0 Å². The van der Waals surface area contributed by atoms with Crippen LogP contribution in [0.15, 0.2) is 29.3 Å². The summed E-state index contributed by atoms with van der Waals surface area (Å²) in [5.41, 5.74) is 3.46. The summed E-state index contributed by atoms with van der Waals surface area (Å²) in [6, 6.07) is 7.17. The molecule has 1 N–H and O–H groups in total. The number of H-pyrrole nitrogens is 1. The van der Waals surface area contributed by atoms with Crippen LogP contribution in [-0.2, 0) is 9.53 Å². The van der Waals surface area contributed by atoms with Crippen molar-refractivity contribution in [3.05, 3.63) is 62.5 Å². The van der Waals surface area contributed by atoms with Gasteiger partial charge in [-0.3, -0.25) is 9.79 Å². The molecule has 0 fully saturated rings. The second kappa shape index (κ2) is 7.88. The van der Waals surface area contributed by atoms with Crippen LogP contribution in [0, 0.1) is 20.8 Å². The summed E-state index contributed by atoms with van der Waals surface area (Å²) in [5.74, 6) is 1.29. The molecular weight excluding hydrogens is 432 g/mol. The van der Waals surface area contributed by atoms with Gasteiger partial charge in [-0.2, -0.15) is 4.57 Å². The number of aromatic amines is 1. The number of fused-ring (bicyclic) bond motifs is 3. The number of nitrogens with zero attached hydrogens (tertiary/aromatic N) is 3. The highest BCUT2D eigenvalue weighted by Crippen LogP contribution is 2.35. The lowest BCUT2D eigenvalue weighted by Crippen LogP contribution is -2.37. The Morgan fingerprint density at radius 1 is 1.23 bits per heavy atom. The zero-order valence-electron chi connectivity index (χ0n) is 18.5. The maximum atomic E-state index is 12.7. The molecule has 0 saturated carbocycles. The number of aryl methyl sites for hydroxylation is 2. The van der Waals surface area contributed by atoms with Crippen molar-refractivity contribution in [3.63, 3.8) is 0 Å². The van der Waals surface area contributed by atoms with Gasteiger partial charge in [0.25, 0.3) is 0 Å². The molecule has 0 aliphatic carbocycles. The van der Waals surface area contributed by atoms with E-state index >= 15 is 0 Å². The molecule has 0 spiro atoms. The first-order chi connectivity index (χ1) is 14.5. The molecule has 1 unspecified atom stereocenters. The second-order valence-electron chi connectivity index (χ2n) is 8.76. The fourth-order valence-corrected chi connectivity index (χ4v) is 5.06. The molecule has 31 heavy (non-hydrogen) atoms. The zero-order chi connectivity index (χ0) is 22.5. The monoisotopic (exact) mass is 457 g/mol. The molecule has 8 heteroatoms. The van der Waals surface area contributed by atoms with E-state index in [0.717, 1.165) is 27.7 Å². The van der Waals surface area contributed by atoms with Gasteiger partial charge in [-0.25, -0.2) is 0 Å². The van der Waals surface area contributed by atoms with Crippen LogP contribution in [-0.4, -0.2) is 27.5 Å². The Kier molecular flexibility index (Phi) is 5.52. The third-order valence-corrected chi connectivity index (χ3v) is 6.63. The number of aromatic nitrogens is 3. The topological polar surface area (TPSA) is 71.2 Å². The van der Waals surface area contributed by atoms with Gasteiger partial charge in [-0.15, -0.1) is 16.4 Å². The van der Waals surface area contributed by atoms with Crippen LogP contribution in [0.25, 0.3) is 5.00 Å². The molecular formula is C23H26ClN4O2S+. The van der Waals surface area contributed by atoms with Crippen LogP contribution in [0.4, 0.5) is 0 Å². The van der Waals surface area contributed by atoms with E-state index < -0.39 is 11.6 Å². The number of hydrogen-bond donors (Lipinski definition) is 1. The summed E-state index contributed by atoms with van der Waals surface area (Å²) in [6.45, 7) is 11.8. The lowest BCUT2D eigenvalue weighted by atomic mass is 9.99. The number of benzene rings is 1. The van der Waals surface area contributed by atoms with Crippen molar-refractivity contribution < 1.29 is 14.1 Å². The highest BCUT2D eigenvalue weighted by atomic mass is 35.5. The van der Waals surface area contributed by atoms with E-state index in [-0.39, 0.29) is 12.4 Å². The number of thiophene rings is 1. The molecule has 3 aromatic rings.